The predicted molar refractivity (Wildman–Crippen MR) is 84.4 cm³/mol. The largest absolute Gasteiger partial charge is 0.416 e. The standard InChI is InChI=1S/C17H22F3N3/c1-21-15(22-10-12-5-6-12)23-11-16(7-8-16)13-3-2-4-14(9-13)17(18,19)20/h2-4,9,12H,5-8,10-11H2,1H3,(H2,21,22,23). The van der Waals surface area contributed by atoms with Crippen LogP contribution in [0.4, 0.5) is 13.2 Å². The Morgan fingerprint density at radius 1 is 1.26 bits per heavy atom. The fraction of sp³-hybridized carbons (Fsp3) is 0.588. The summed E-state index contributed by atoms with van der Waals surface area (Å²) in [6, 6.07) is 5.71. The van der Waals surface area contributed by atoms with Crippen molar-refractivity contribution in [2.45, 2.75) is 37.3 Å². The van der Waals surface area contributed by atoms with Crippen LogP contribution in [0.3, 0.4) is 0 Å². The predicted octanol–water partition coefficient (Wildman–Crippen LogP) is 3.31. The van der Waals surface area contributed by atoms with Gasteiger partial charge in [-0.3, -0.25) is 4.99 Å². The molecule has 1 aromatic carbocycles. The van der Waals surface area contributed by atoms with Crippen molar-refractivity contribution in [1.29, 1.82) is 0 Å². The molecule has 1 aromatic rings. The molecule has 3 rings (SSSR count). The van der Waals surface area contributed by atoms with E-state index in [1.165, 1.54) is 25.0 Å². The Morgan fingerprint density at radius 2 is 2.00 bits per heavy atom. The summed E-state index contributed by atoms with van der Waals surface area (Å²) in [7, 11) is 1.71. The van der Waals surface area contributed by atoms with Gasteiger partial charge in [0.05, 0.1) is 5.56 Å². The van der Waals surface area contributed by atoms with Crippen LogP contribution in [0.1, 0.15) is 36.8 Å². The summed E-state index contributed by atoms with van der Waals surface area (Å²) in [4.78, 5) is 4.18. The third kappa shape index (κ3) is 3.98. The van der Waals surface area contributed by atoms with Gasteiger partial charge in [0, 0.05) is 25.6 Å². The van der Waals surface area contributed by atoms with Crippen LogP contribution in [-0.2, 0) is 11.6 Å². The van der Waals surface area contributed by atoms with E-state index >= 15 is 0 Å². The van der Waals surface area contributed by atoms with Crippen molar-refractivity contribution in [2.75, 3.05) is 20.1 Å². The lowest BCUT2D eigenvalue weighted by Gasteiger charge is -2.20. The summed E-state index contributed by atoms with van der Waals surface area (Å²) in [6.45, 7) is 1.52. The summed E-state index contributed by atoms with van der Waals surface area (Å²) < 4.78 is 38.6. The van der Waals surface area contributed by atoms with Crippen LogP contribution in [0.25, 0.3) is 0 Å². The molecule has 0 spiro atoms. The summed E-state index contributed by atoms with van der Waals surface area (Å²) in [6.07, 6.45) is 0.0412. The van der Waals surface area contributed by atoms with Gasteiger partial charge in [-0.05, 0) is 43.2 Å². The van der Waals surface area contributed by atoms with E-state index in [0.717, 1.165) is 42.9 Å². The molecule has 2 saturated carbocycles. The molecule has 2 aliphatic rings. The molecule has 0 radical (unpaired) electrons. The quantitative estimate of drug-likeness (QED) is 0.644. The number of halogens is 3. The highest BCUT2D eigenvalue weighted by Crippen LogP contribution is 2.48. The molecule has 2 fully saturated rings. The molecule has 0 aliphatic heterocycles. The van der Waals surface area contributed by atoms with Crippen LogP contribution in [0, 0.1) is 5.92 Å². The molecule has 0 atom stereocenters. The van der Waals surface area contributed by atoms with Gasteiger partial charge in [0.15, 0.2) is 5.96 Å². The number of nitrogens with one attached hydrogen (secondary N) is 2. The first kappa shape index (κ1) is 16.1. The molecule has 126 valence electrons. The highest BCUT2D eigenvalue weighted by Gasteiger charge is 2.45. The number of alkyl halides is 3. The summed E-state index contributed by atoms with van der Waals surface area (Å²) in [5.74, 6) is 1.47. The minimum atomic E-state index is -4.29. The van der Waals surface area contributed by atoms with Crippen LogP contribution in [-0.4, -0.2) is 26.1 Å². The van der Waals surface area contributed by atoms with Gasteiger partial charge in [-0.25, -0.2) is 0 Å². The van der Waals surface area contributed by atoms with Crippen molar-refractivity contribution >= 4 is 5.96 Å². The summed E-state index contributed by atoms with van der Waals surface area (Å²) in [5.41, 5.74) is -0.00617. The summed E-state index contributed by atoms with van der Waals surface area (Å²) in [5, 5.41) is 6.55. The zero-order valence-electron chi connectivity index (χ0n) is 13.2. The first-order valence-corrected chi connectivity index (χ1v) is 8.05. The van der Waals surface area contributed by atoms with Crippen LogP contribution in [0.15, 0.2) is 29.3 Å². The first-order valence-electron chi connectivity index (χ1n) is 8.05. The lowest BCUT2D eigenvalue weighted by Crippen LogP contribution is -2.42. The van der Waals surface area contributed by atoms with Gasteiger partial charge in [-0.2, -0.15) is 13.2 Å². The van der Waals surface area contributed by atoms with Gasteiger partial charge in [-0.1, -0.05) is 18.2 Å². The average Bonchev–Trinajstić information content (AvgIpc) is 3.42. The van der Waals surface area contributed by atoms with Gasteiger partial charge in [-0.15, -0.1) is 0 Å². The lowest BCUT2D eigenvalue weighted by atomic mass is 9.94. The molecule has 0 unspecified atom stereocenters. The molecule has 0 heterocycles. The normalized spacial score (nSPS) is 20.3. The molecule has 0 saturated heterocycles. The van der Waals surface area contributed by atoms with Gasteiger partial charge in [0.2, 0.25) is 0 Å². The van der Waals surface area contributed by atoms with E-state index in [4.69, 9.17) is 0 Å². The van der Waals surface area contributed by atoms with Crippen molar-refractivity contribution in [3.8, 4) is 0 Å². The second kappa shape index (κ2) is 6.06. The number of hydrogen-bond donors (Lipinski definition) is 2. The minimum Gasteiger partial charge on any atom is -0.356 e. The number of guanidine groups is 1. The van der Waals surface area contributed by atoms with Crippen molar-refractivity contribution < 1.29 is 13.2 Å². The Morgan fingerprint density at radius 3 is 2.57 bits per heavy atom. The Hall–Kier alpha value is -1.72. The van der Waals surface area contributed by atoms with Gasteiger partial charge in [0.25, 0.3) is 0 Å². The average molecular weight is 325 g/mol. The Bertz CT molecular complexity index is 587. The van der Waals surface area contributed by atoms with Crippen LogP contribution < -0.4 is 10.6 Å². The van der Waals surface area contributed by atoms with Gasteiger partial charge in [0.1, 0.15) is 0 Å². The molecular formula is C17H22F3N3. The lowest BCUT2D eigenvalue weighted by molar-refractivity contribution is -0.137. The van der Waals surface area contributed by atoms with E-state index in [0.29, 0.717) is 6.54 Å². The smallest absolute Gasteiger partial charge is 0.356 e. The molecular weight excluding hydrogens is 303 g/mol. The molecule has 0 amide bonds. The van der Waals surface area contributed by atoms with E-state index in [9.17, 15) is 13.2 Å². The zero-order valence-corrected chi connectivity index (χ0v) is 13.2. The highest BCUT2D eigenvalue weighted by molar-refractivity contribution is 5.79. The Balaban J connectivity index is 1.63. The second-order valence-electron chi connectivity index (χ2n) is 6.61. The molecule has 2 N–H and O–H groups in total. The molecule has 3 nitrogen and oxygen atoms in total. The van der Waals surface area contributed by atoms with Gasteiger partial charge < -0.3 is 10.6 Å². The van der Waals surface area contributed by atoms with E-state index < -0.39 is 11.7 Å². The monoisotopic (exact) mass is 325 g/mol. The molecule has 23 heavy (non-hydrogen) atoms. The fourth-order valence-corrected chi connectivity index (χ4v) is 2.78. The molecule has 6 heteroatoms. The number of aliphatic imine (C=N–C) groups is 1. The first-order chi connectivity index (χ1) is 10.9. The second-order valence-corrected chi connectivity index (χ2v) is 6.61. The van der Waals surface area contributed by atoms with Crippen molar-refractivity contribution in [3.63, 3.8) is 0 Å². The highest BCUT2D eigenvalue weighted by atomic mass is 19.4. The van der Waals surface area contributed by atoms with E-state index in [-0.39, 0.29) is 5.41 Å². The maximum absolute atomic E-state index is 12.9. The van der Waals surface area contributed by atoms with E-state index in [1.54, 1.807) is 13.1 Å². The zero-order chi connectivity index (χ0) is 16.5. The van der Waals surface area contributed by atoms with Crippen LogP contribution >= 0.6 is 0 Å². The van der Waals surface area contributed by atoms with E-state index in [1.807, 2.05) is 0 Å². The number of rotatable bonds is 5. The van der Waals surface area contributed by atoms with Crippen molar-refractivity contribution in [2.24, 2.45) is 10.9 Å². The van der Waals surface area contributed by atoms with E-state index in [2.05, 4.69) is 15.6 Å². The third-order valence-electron chi connectivity index (χ3n) is 4.73. The van der Waals surface area contributed by atoms with Crippen LogP contribution in [0.2, 0.25) is 0 Å². The van der Waals surface area contributed by atoms with Crippen molar-refractivity contribution in [3.05, 3.63) is 35.4 Å². The molecule has 0 aromatic heterocycles. The Kier molecular flexibility index (Phi) is 4.25. The molecule has 0 bridgehead atoms. The Labute approximate surface area is 134 Å². The number of benzene rings is 1. The molecule has 2 aliphatic carbocycles. The van der Waals surface area contributed by atoms with Gasteiger partial charge >= 0.3 is 6.18 Å². The fourth-order valence-electron chi connectivity index (χ4n) is 2.78. The SMILES string of the molecule is CN=C(NCC1CC1)NCC1(c2cccc(C(F)(F)F)c2)CC1. The number of hydrogen-bond acceptors (Lipinski definition) is 1. The summed E-state index contributed by atoms with van der Waals surface area (Å²) >= 11 is 0. The topological polar surface area (TPSA) is 36.4 Å². The maximum atomic E-state index is 12.9. The number of nitrogens with zero attached hydrogens (tertiary/aromatic N) is 1. The third-order valence-corrected chi connectivity index (χ3v) is 4.73. The maximum Gasteiger partial charge on any atom is 0.416 e. The minimum absolute atomic E-state index is 0.196. The van der Waals surface area contributed by atoms with Crippen molar-refractivity contribution in [1.82, 2.24) is 10.6 Å². The van der Waals surface area contributed by atoms with Crippen LogP contribution in [0.5, 0.6) is 0 Å².